The number of rotatable bonds is 1. The topological polar surface area (TPSA) is 35.8 Å². The molecule has 0 aromatic carbocycles. The van der Waals surface area contributed by atoms with Crippen molar-refractivity contribution in [3.05, 3.63) is 0 Å². The molecule has 1 heterocycles. The van der Waals surface area contributed by atoms with Crippen molar-refractivity contribution < 1.29 is 5.21 Å². The first kappa shape index (κ1) is 12.9. The molecule has 98 valence electrons. The Labute approximate surface area is 105 Å². The van der Waals surface area contributed by atoms with E-state index in [0.29, 0.717) is 6.04 Å². The van der Waals surface area contributed by atoms with E-state index in [1.54, 1.807) is 0 Å². The molecule has 1 aliphatic heterocycles. The zero-order chi connectivity index (χ0) is 11.9. The van der Waals surface area contributed by atoms with Crippen LogP contribution in [-0.4, -0.2) is 35.0 Å². The van der Waals surface area contributed by atoms with Gasteiger partial charge in [0.25, 0.3) is 0 Å². The first-order valence-electron chi connectivity index (χ1n) is 7.36. The summed E-state index contributed by atoms with van der Waals surface area (Å²) in [5.74, 6) is 0. The van der Waals surface area contributed by atoms with Crippen molar-refractivity contribution in [2.24, 2.45) is 5.16 Å². The van der Waals surface area contributed by atoms with Crippen LogP contribution in [0.5, 0.6) is 0 Å². The summed E-state index contributed by atoms with van der Waals surface area (Å²) >= 11 is 0. The van der Waals surface area contributed by atoms with Gasteiger partial charge in [-0.25, -0.2) is 0 Å². The maximum Gasteiger partial charge on any atom is 0.0742 e. The first-order chi connectivity index (χ1) is 8.42. The Morgan fingerprint density at radius 3 is 2.24 bits per heavy atom. The van der Waals surface area contributed by atoms with Crippen LogP contribution in [0, 0.1) is 0 Å². The van der Waals surface area contributed by atoms with Gasteiger partial charge < -0.3 is 5.21 Å². The molecule has 3 nitrogen and oxygen atoms in total. The summed E-state index contributed by atoms with van der Waals surface area (Å²) in [5, 5.41) is 12.9. The fraction of sp³-hybridized carbons (Fsp3) is 0.929. The van der Waals surface area contributed by atoms with Crippen molar-refractivity contribution in [1.82, 2.24) is 4.90 Å². The molecule has 0 bridgehead atoms. The summed E-state index contributed by atoms with van der Waals surface area (Å²) < 4.78 is 0. The molecule has 0 amide bonds. The summed E-state index contributed by atoms with van der Waals surface area (Å²) in [4.78, 5) is 2.58. The second-order valence-corrected chi connectivity index (χ2v) is 5.51. The van der Waals surface area contributed by atoms with Gasteiger partial charge in [-0.3, -0.25) is 4.90 Å². The highest BCUT2D eigenvalue weighted by Gasteiger charge is 2.25. The minimum Gasteiger partial charge on any atom is -0.411 e. The molecule has 1 aliphatic carbocycles. The van der Waals surface area contributed by atoms with Crippen molar-refractivity contribution >= 4 is 5.71 Å². The molecule has 0 spiro atoms. The maximum absolute atomic E-state index is 9.24. The highest BCUT2D eigenvalue weighted by molar-refractivity contribution is 5.89. The number of oxime groups is 1. The molecule has 2 rings (SSSR count). The van der Waals surface area contributed by atoms with Crippen LogP contribution < -0.4 is 0 Å². The molecule has 17 heavy (non-hydrogen) atoms. The molecular weight excluding hydrogens is 212 g/mol. The smallest absolute Gasteiger partial charge is 0.0742 e. The number of hydrogen-bond acceptors (Lipinski definition) is 3. The Kier molecular flexibility index (Phi) is 5.30. The molecule has 1 saturated carbocycles. The van der Waals surface area contributed by atoms with Gasteiger partial charge in [0.15, 0.2) is 0 Å². The summed E-state index contributed by atoms with van der Waals surface area (Å²) in [6, 6.07) is 0.429. The van der Waals surface area contributed by atoms with Gasteiger partial charge in [0.05, 0.1) is 11.8 Å². The Balaban J connectivity index is 2.01. The molecule has 0 aromatic heterocycles. The molecule has 3 heteroatoms. The van der Waals surface area contributed by atoms with E-state index in [9.17, 15) is 5.21 Å². The van der Waals surface area contributed by atoms with E-state index in [4.69, 9.17) is 0 Å². The monoisotopic (exact) mass is 238 g/mol. The van der Waals surface area contributed by atoms with Crippen LogP contribution in [0.2, 0.25) is 0 Å². The third-order valence-corrected chi connectivity index (χ3v) is 4.25. The van der Waals surface area contributed by atoms with Gasteiger partial charge in [-0.05, 0) is 45.2 Å². The third kappa shape index (κ3) is 3.70. The van der Waals surface area contributed by atoms with E-state index >= 15 is 0 Å². The Hall–Kier alpha value is -0.570. The van der Waals surface area contributed by atoms with E-state index in [-0.39, 0.29) is 0 Å². The molecule has 2 fully saturated rings. The lowest BCUT2D eigenvalue weighted by Crippen LogP contribution is -2.42. The van der Waals surface area contributed by atoms with Crippen LogP contribution in [-0.2, 0) is 0 Å². The molecule has 0 aromatic rings. The van der Waals surface area contributed by atoms with Crippen LogP contribution in [0.25, 0.3) is 0 Å². The highest BCUT2D eigenvalue weighted by Crippen LogP contribution is 2.22. The average Bonchev–Trinajstić information content (AvgIpc) is 2.58. The highest BCUT2D eigenvalue weighted by atomic mass is 16.4. The lowest BCUT2D eigenvalue weighted by Gasteiger charge is -2.32. The summed E-state index contributed by atoms with van der Waals surface area (Å²) in [6.07, 6.45) is 12.7. The molecule has 1 saturated heterocycles. The Morgan fingerprint density at radius 2 is 1.53 bits per heavy atom. The minimum atomic E-state index is 0.429. The van der Waals surface area contributed by atoms with Crippen molar-refractivity contribution in [3.8, 4) is 0 Å². The molecule has 2 aliphatic rings. The molecule has 0 radical (unpaired) electrons. The number of likely N-dealkylation sites (tertiary alicyclic amines) is 1. The molecule has 1 atom stereocenters. The lowest BCUT2D eigenvalue weighted by molar-refractivity contribution is 0.224. The van der Waals surface area contributed by atoms with Gasteiger partial charge in [0, 0.05) is 0 Å². The average molecular weight is 238 g/mol. The van der Waals surface area contributed by atoms with E-state index in [1.165, 1.54) is 70.9 Å². The third-order valence-electron chi connectivity index (χ3n) is 4.25. The largest absolute Gasteiger partial charge is 0.411 e. The quantitative estimate of drug-likeness (QED) is 0.561. The van der Waals surface area contributed by atoms with Gasteiger partial charge in [0.1, 0.15) is 0 Å². The van der Waals surface area contributed by atoms with E-state index in [0.717, 1.165) is 12.1 Å². The summed E-state index contributed by atoms with van der Waals surface area (Å²) in [5.41, 5.74) is 1.05. The fourth-order valence-electron chi connectivity index (χ4n) is 3.25. The second kappa shape index (κ2) is 7.00. The predicted molar refractivity (Wildman–Crippen MR) is 70.8 cm³/mol. The SMILES string of the molecule is ON=C1CCCCCCC1N1CCCCCC1. The summed E-state index contributed by atoms with van der Waals surface area (Å²) in [6.45, 7) is 2.40. The lowest BCUT2D eigenvalue weighted by atomic mass is 9.93. The van der Waals surface area contributed by atoms with Gasteiger partial charge in [-0.2, -0.15) is 0 Å². The standard InChI is InChI=1S/C14H26N2O/c17-15-13-9-5-1-2-6-10-14(13)16-11-7-3-4-8-12-16/h14,17H,1-12H2. The van der Waals surface area contributed by atoms with Crippen LogP contribution in [0.3, 0.4) is 0 Å². The van der Waals surface area contributed by atoms with Crippen molar-refractivity contribution in [2.45, 2.75) is 70.3 Å². The maximum atomic E-state index is 9.24. The zero-order valence-electron chi connectivity index (χ0n) is 10.9. The molecule has 1 N–H and O–H groups in total. The van der Waals surface area contributed by atoms with Crippen molar-refractivity contribution in [2.75, 3.05) is 13.1 Å². The zero-order valence-corrected chi connectivity index (χ0v) is 10.9. The van der Waals surface area contributed by atoms with Gasteiger partial charge in [0.2, 0.25) is 0 Å². The molecule has 1 unspecified atom stereocenters. The minimum absolute atomic E-state index is 0.429. The van der Waals surface area contributed by atoms with Gasteiger partial charge >= 0.3 is 0 Å². The van der Waals surface area contributed by atoms with Crippen LogP contribution in [0.1, 0.15) is 64.2 Å². The predicted octanol–water partition coefficient (Wildman–Crippen LogP) is 3.42. The normalized spacial score (nSPS) is 31.8. The van der Waals surface area contributed by atoms with E-state index in [2.05, 4.69) is 10.1 Å². The van der Waals surface area contributed by atoms with Gasteiger partial charge in [-0.15, -0.1) is 0 Å². The summed E-state index contributed by atoms with van der Waals surface area (Å²) in [7, 11) is 0. The molecular formula is C14H26N2O. The van der Waals surface area contributed by atoms with Crippen LogP contribution >= 0.6 is 0 Å². The van der Waals surface area contributed by atoms with Crippen LogP contribution in [0.15, 0.2) is 5.16 Å². The van der Waals surface area contributed by atoms with E-state index in [1.807, 2.05) is 0 Å². The first-order valence-corrected chi connectivity index (χ1v) is 7.36. The van der Waals surface area contributed by atoms with Gasteiger partial charge in [-0.1, -0.05) is 37.3 Å². The van der Waals surface area contributed by atoms with Crippen molar-refractivity contribution in [1.29, 1.82) is 0 Å². The van der Waals surface area contributed by atoms with Crippen LogP contribution in [0.4, 0.5) is 0 Å². The number of nitrogens with zero attached hydrogens (tertiary/aromatic N) is 2. The van der Waals surface area contributed by atoms with Crippen molar-refractivity contribution in [3.63, 3.8) is 0 Å². The second-order valence-electron chi connectivity index (χ2n) is 5.51. The van der Waals surface area contributed by atoms with E-state index < -0.39 is 0 Å². The fourth-order valence-corrected chi connectivity index (χ4v) is 3.25. The Bertz CT molecular complexity index is 245. The Morgan fingerprint density at radius 1 is 0.882 bits per heavy atom. The number of hydrogen-bond donors (Lipinski definition) is 1.